The third kappa shape index (κ3) is 4.05. The average Bonchev–Trinajstić information content (AvgIpc) is 2.50. The fraction of sp³-hybridized carbons (Fsp3) is 0.389. The molecule has 1 aromatic carbocycles. The Kier molecular flexibility index (Phi) is 5.34. The Hall–Kier alpha value is -1.87. The van der Waals surface area contributed by atoms with E-state index in [0.29, 0.717) is 0 Å². The van der Waals surface area contributed by atoms with Gasteiger partial charge < -0.3 is 10.1 Å². The molecule has 21 heavy (non-hydrogen) atoms. The van der Waals surface area contributed by atoms with E-state index in [9.17, 15) is 0 Å². The molecule has 2 rings (SSSR count). The van der Waals surface area contributed by atoms with E-state index in [-0.39, 0.29) is 6.04 Å². The van der Waals surface area contributed by atoms with E-state index >= 15 is 0 Å². The molecule has 1 aromatic heterocycles. The van der Waals surface area contributed by atoms with Gasteiger partial charge in [-0.15, -0.1) is 0 Å². The maximum atomic E-state index is 5.92. The Morgan fingerprint density at radius 1 is 1.19 bits per heavy atom. The number of ether oxygens (including phenoxy) is 1. The number of pyridine rings is 1. The molecule has 0 spiro atoms. The van der Waals surface area contributed by atoms with E-state index in [1.54, 1.807) is 6.20 Å². The molecule has 0 saturated carbocycles. The number of benzene rings is 1. The lowest BCUT2D eigenvalue weighted by Crippen LogP contribution is -2.20. The Morgan fingerprint density at radius 3 is 2.67 bits per heavy atom. The zero-order chi connectivity index (χ0) is 15.2. The minimum atomic E-state index is 0.264. The summed E-state index contributed by atoms with van der Waals surface area (Å²) in [6.45, 7) is 9.45. The topological polar surface area (TPSA) is 34.1 Å². The average molecular weight is 284 g/mol. The predicted octanol–water partition coefficient (Wildman–Crippen LogP) is 4.55. The summed E-state index contributed by atoms with van der Waals surface area (Å²) < 4.78 is 5.92. The van der Waals surface area contributed by atoms with Crippen LogP contribution in [0.25, 0.3) is 0 Å². The number of hydrogen-bond acceptors (Lipinski definition) is 3. The summed E-state index contributed by atoms with van der Waals surface area (Å²) >= 11 is 0. The fourth-order valence-electron chi connectivity index (χ4n) is 2.14. The quantitative estimate of drug-likeness (QED) is 0.845. The molecule has 1 N–H and O–H groups in total. The lowest BCUT2D eigenvalue weighted by molar-refractivity contribution is 0.473. The lowest BCUT2D eigenvalue weighted by atomic mass is 10.1. The van der Waals surface area contributed by atoms with Crippen LogP contribution in [0.3, 0.4) is 0 Å². The molecule has 0 bridgehead atoms. The van der Waals surface area contributed by atoms with Crippen molar-refractivity contribution < 1.29 is 4.74 Å². The Morgan fingerprint density at radius 2 is 2.00 bits per heavy atom. The number of nitrogens with one attached hydrogen (secondary N) is 1. The Labute approximate surface area is 127 Å². The second kappa shape index (κ2) is 7.23. The van der Waals surface area contributed by atoms with Gasteiger partial charge in [0.25, 0.3) is 0 Å². The monoisotopic (exact) mass is 284 g/mol. The number of nitrogens with zero attached hydrogens (tertiary/aromatic N) is 1. The van der Waals surface area contributed by atoms with Gasteiger partial charge in [-0.3, -0.25) is 4.98 Å². The standard InChI is InChI=1S/C18H24N2O/c1-5-11-19-15(4)17-10-9-16(12-20-17)21-18-8-6-7-13(2)14(18)3/h6-10,12,15,19H,5,11H2,1-4H3. The second-order valence-corrected chi connectivity index (χ2v) is 5.39. The zero-order valence-corrected chi connectivity index (χ0v) is 13.3. The number of aromatic nitrogens is 1. The third-order valence-electron chi connectivity index (χ3n) is 3.69. The molecule has 0 saturated heterocycles. The van der Waals surface area contributed by atoms with Crippen LogP contribution in [-0.2, 0) is 0 Å². The van der Waals surface area contributed by atoms with Gasteiger partial charge in [-0.1, -0.05) is 19.1 Å². The van der Waals surface area contributed by atoms with E-state index in [1.165, 1.54) is 11.1 Å². The molecule has 0 aliphatic rings. The van der Waals surface area contributed by atoms with Crippen LogP contribution in [0.15, 0.2) is 36.5 Å². The van der Waals surface area contributed by atoms with Crippen molar-refractivity contribution in [1.82, 2.24) is 10.3 Å². The lowest BCUT2D eigenvalue weighted by Gasteiger charge is -2.14. The normalized spacial score (nSPS) is 12.2. The SMILES string of the molecule is CCCNC(C)c1ccc(Oc2cccc(C)c2C)cn1. The molecular formula is C18H24N2O. The maximum Gasteiger partial charge on any atom is 0.145 e. The third-order valence-corrected chi connectivity index (χ3v) is 3.69. The summed E-state index contributed by atoms with van der Waals surface area (Å²) in [7, 11) is 0. The van der Waals surface area contributed by atoms with Crippen molar-refractivity contribution in [3.63, 3.8) is 0 Å². The van der Waals surface area contributed by atoms with Crippen molar-refractivity contribution in [2.24, 2.45) is 0 Å². The first-order valence-corrected chi connectivity index (χ1v) is 7.55. The van der Waals surface area contributed by atoms with Crippen molar-refractivity contribution in [3.05, 3.63) is 53.3 Å². The van der Waals surface area contributed by atoms with Crippen LogP contribution >= 0.6 is 0 Å². The highest BCUT2D eigenvalue weighted by atomic mass is 16.5. The molecule has 1 heterocycles. The van der Waals surface area contributed by atoms with Crippen LogP contribution in [0.5, 0.6) is 11.5 Å². The summed E-state index contributed by atoms with van der Waals surface area (Å²) in [6, 6.07) is 10.4. The molecule has 0 amide bonds. The van der Waals surface area contributed by atoms with Gasteiger partial charge in [0.15, 0.2) is 0 Å². The van der Waals surface area contributed by atoms with Gasteiger partial charge in [0.1, 0.15) is 11.5 Å². The van der Waals surface area contributed by atoms with Crippen molar-refractivity contribution in [1.29, 1.82) is 0 Å². The van der Waals surface area contributed by atoms with Crippen LogP contribution < -0.4 is 10.1 Å². The van der Waals surface area contributed by atoms with Crippen LogP contribution in [0.2, 0.25) is 0 Å². The summed E-state index contributed by atoms with van der Waals surface area (Å²) in [5, 5.41) is 3.43. The molecular weight excluding hydrogens is 260 g/mol. The summed E-state index contributed by atoms with van der Waals surface area (Å²) in [4.78, 5) is 4.49. The van der Waals surface area contributed by atoms with E-state index in [1.807, 2.05) is 24.3 Å². The van der Waals surface area contributed by atoms with Gasteiger partial charge in [0.2, 0.25) is 0 Å². The first kappa shape index (κ1) is 15.5. The van der Waals surface area contributed by atoms with Crippen LogP contribution in [0, 0.1) is 13.8 Å². The van der Waals surface area contributed by atoms with Gasteiger partial charge in [0, 0.05) is 6.04 Å². The highest BCUT2D eigenvalue weighted by molar-refractivity contribution is 5.41. The van der Waals surface area contributed by atoms with Gasteiger partial charge in [-0.25, -0.2) is 0 Å². The van der Waals surface area contributed by atoms with Crippen LogP contribution in [0.4, 0.5) is 0 Å². The Balaban J connectivity index is 2.07. The van der Waals surface area contributed by atoms with Gasteiger partial charge in [-0.05, 0) is 63.1 Å². The maximum absolute atomic E-state index is 5.92. The molecule has 2 aromatic rings. The molecule has 3 nitrogen and oxygen atoms in total. The second-order valence-electron chi connectivity index (χ2n) is 5.39. The van der Waals surface area contributed by atoms with Crippen LogP contribution in [0.1, 0.15) is 43.1 Å². The molecule has 3 heteroatoms. The molecule has 1 atom stereocenters. The highest BCUT2D eigenvalue weighted by Gasteiger charge is 2.07. The summed E-state index contributed by atoms with van der Waals surface area (Å²) in [6.07, 6.45) is 2.92. The molecule has 112 valence electrons. The van der Waals surface area contributed by atoms with E-state index in [4.69, 9.17) is 4.74 Å². The first-order valence-electron chi connectivity index (χ1n) is 7.55. The number of rotatable bonds is 6. The highest BCUT2D eigenvalue weighted by Crippen LogP contribution is 2.26. The minimum Gasteiger partial charge on any atom is -0.455 e. The van der Waals surface area contributed by atoms with Crippen molar-refractivity contribution in [2.45, 2.75) is 40.2 Å². The summed E-state index contributed by atoms with van der Waals surface area (Å²) in [5.74, 6) is 1.66. The predicted molar refractivity (Wildman–Crippen MR) is 86.9 cm³/mol. The molecule has 1 unspecified atom stereocenters. The van der Waals surface area contributed by atoms with Gasteiger partial charge in [-0.2, -0.15) is 0 Å². The van der Waals surface area contributed by atoms with E-state index < -0.39 is 0 Å². The molecule has 0 radical (unpaired) electrons. The zero-order valence-electron chi connectivity index (χ0n) is 13.3. The number of aryl methyl sites for hydroxylation is 1. The van der Waals surface area contributed by atoms with Crippen LogP contribution in [-0.4, -0.2) is 11.5 Å². The largest absolute Gasteiger partial charge is 0.455 e. The number of hydrogen-bond donors (Lipinski definition) is 1. The minimum absolute atomic E-state index is 0.264. The van der Waals surface area contributed by atoms with Gasteiger partial charge in [0.05, 0.1) is 11.9 Å². The van der Waals surface area contributed by atoms with E-state index in [0.717, 1.165) is 30.2 Å². The summed E-state index contributed by atoms with van der Waals surface area (Å²) in [5.41, 5.74) is 3.44. The van der Waals surface area contributed by atoms with Gasteiger partial charge >= 0.3 is 0 Å². The van der Waals surface area contributed by atoms with Crippen molar-refractivity contribution in [3.8, 4) is 11.5 Å². The first-order chi connectivity index (χ1) is 10.1. The smallest absolute Gasteiger partial charge is 0.145 e. The molecule has 0 fully saturated rings. The Bertz CT molecular complexity index is 578. The molecule has 0 aliphatic carbocycles. The van der Waals surface area contributed by atoms with Crippen molar-refractivity contribution >= 4 is 0 Å². The van der Waals surface area contributed by atoms with Crippen molar-refractivity contribution in [2.75, 3.05) is 6.54 Å². The molecule has 0 aliphatic heterocycles. The van der Waals surface area contributed by atoms with E-state index in [2.05, 4.69) is 44.1 Å². The fourth-order valence-corrected chi connectivity index (χ4v) is 2.14.